The minimum atomic E-state index is -1.25. The second-order valence-corrected chi connectivity index (χ2v) is 11.5. The SMILES string of the molecule is CCCN(CCC)C(=O)c1cc(C)cc(C(=O)N[C@@H](Cc2cc(F)cc(F)c2)[C@H](O)[C@H]2CN(C(=O)c3ccncc3)CCN2)c1. The number of aromatic nitrogens is 1. The number of nitrogens with zero attached hydrogens (tertiary/aromatic N) is 3. The first-order valence-electron chi connectivity index (χ1n) is 15.4. The minimum Gasteiger partial charge on any atom is -0.389 e. The minimum absolute atomic E-state index is 0.0869. The van der Waals surface area contributed by atoms with Gasteiger partial charge in [-0.05, 0) is 79.8 Å². The van der Waals surface area contributed by atoms with Crippen molar-refractivity contribution in [2.45, 2.75) is 58.2 Å². The van der Waals surface area contributed by atoms with Gasteiger partial charge in [-0.15, -0.1) is 0 Å². The quantitative estimate of drug-likeness (QED) is 0.284. The Bertz CT molecular complexity index is 1460. The first kappa shape index (κ1) is 33.7. The van der Waals surface area contributed by atoms with Crippen LogP contribution in [-0.4, -0.2) is 88.5 Å². The van der Waals surface area contributed by atoms with Crippen molar-refractivity contribution in [3.8, 4) is 0 Å². The van der Waals surface area contributed by atoms with E-state index in [0.717, 1.165) is 31.0 Å². The molecule has 3 aromatic rings. The summed E-state index contributed by atoms with van der Waals surface area (Å²) in [5.74, 6) is -2.50. The number of aliphatic hydroxyl groups excluding tert-OH is 1. The van der Waals surface area contributed by atoms with Crippen LogP contribution < -0.4 is 10.6 Å². The van der Waals surface area contributed by atoms with E-state index in [2.05, 4.69) is 15.6 Å². The number of amides is 3. The molecule has 0 unspecified atom stereocenters. The number of benzene rings is 2. The first-order valence-corrected chi connectivity index (χ1v) is 15.4. The van der Waals surface area contributed by atoms with Crippen LogP contribution in [-0.2, 0) is 6.42 Å². The maximum absolute atomic E-state index is 14.1. The molecule has 1 aliphatic heterocycles. The van der Waals surface area contributed by atoms with Gasteiger partial charge >= 0.3 is 0 Å². The summed E-state index contributed by atoms with van der Waals surface area (Å²) in [6.45, 7) is 7.91. The summed E-state index contributed by atoms with van der Waals surface area (Å²) < 4.78 is 28.2. The molecule has 2 heterocycles. The Morgan fingerprint density at radius 1 is 1.00 bits per heavy atom. The largest absolute Gasteiger partial charge is 0.389 e. The lowest BCUT2D eigenvalue weighted by Crippen LogP contribution is -2.62. The molecule has 3 atom stereocenters. The van der Waals surface area contributed by atoms with E-state index in [4.69, 9.17) is 0 Å². The van der Waals surface area contributed by atoms with Gasteiger partial charge in [0.15, 0.2) is 0 Å². The fourth-order valence-electron chi connectivity index (χ4n) is 5.72. The second kappa shape index (κ2) is 15.7. The number of nitrogens with one attached hydrogen (secondary N) is 2. The van der Waals surface area contributed by atoms with Crippen LogP contribution in [0.2, 0.25) is 0 Å². The monoisotopic (exact) mass is 621 g/mol. The fourth-order valence-corrected chi connectivity index (χ4v) is 5.72. The van der Waals surface area contributed by atoms with E-state index in [1.165, 1.54) is 18.5 Å². The Hall–Kier alpha value is -4.22. The van der Waals surface area contributed by atoms with E-state index in [0.29, 0.717) is 42.9 Å². The van der Waals surface area contributed by atoms with Gasteiger partial charge in [-0.3, -0.25) is 19.4 Å². The third-order valence-corrected chi connectivity index (χ3v) is 7.80. The molecule has 3 amide bonds. The highest BCUT2D eigenvalue weighted by Gasteiger charge is 2.34. The van der Waals surface area contributed by atoms with Crippen molar-refractivity contribution in [2.24, 2.45) is 0 Å². The predicted molar refractivity (Wildman–Crippen MR) is 167 cm³/mol. The molecule has 1 saturated heterocycles. The molecule has 1 aliphatic rings. The first-order chi connectivity index (χ1) is 21.6. The molecule has 2 aromatic carbocycles. The molecule has 1 fully saturated rings. The Balaban J connectivity index is 1.59. The van der Waals surface area contributed by atoms with Gasteiger partial charge < -0.3 is 25.5 Å². The van der Waals surface area contributed by atoms with Crippen LogP contribution in [0.4, 0.5) is 8.78 Å². The third kappa shape index (κ3) is 8.92. The highest BCUT2D eigenvalue weighted by atomic mass is 19.1. The number of pyridine rings is 1. The van der Waals surface area contributed by atoms with Crippen LogP contribution in [0.15, 0.2) is 60.9 Å². The number of carbonyl (C=O) groups is 3. The van der Waals surface area contributed by atoms with Crippen LogP contribution in [0.25, 0.3) is 0 Å². The highest BCUT2D eigenvalue weighted by molar-refractivity contribution is 6.00. The number of hydrogen-bond acceptors (Lipinski definition) is 6. The molecule has 0 radical (unpaired) electrons. The second-order valence-electron chi connectivity index (χ2n) is 11.5. The summed E-state index contributed by atoms with van der Waals surface area (Å²) in [7, 11) is 0. The van der Waals surface area contributed by atoms with E-state index in [-0.39, 0.29) is 35.9 Å². The van der Waals surface area contributed by atoms with Crippen LogP contribution >= 0.6 is 0 Å². The molecule has 0 saturated carbocycles. The fraction of sp³-hybridized carbons (Fsp3) is 0.412. The molecular weight excluding hydrogens is 580 g/mol. The lowest BCUT2D eigenvalue weighted by molar-refractivity contribution is 0.0409. The number of aliphatic hydroxyl groups is 1. The van der Waals surface area contributed by atoms with Crippen LogP contribution in [0, 0.1) is 18.6 Å². The van der Waals surface area contributed by atoms with Gasteiger partial charge in [0.1, 0.15) is 11.6 Å². The summed E-state index contributed by atoms with van der Waals surface area (Å²) in [6, 6.07) is 9.55. The number of carbonyl (C=O) groups excluding carboxylic acids is 3. The van der Waals surface area contributed by atoms with E-state index >= 15 is 0 Å². The standard InChI is InChI=1S/C34H41F2N5O4/c1-4-11-40(12-5-2)34(45)26-15-22(3)14-25(19-26)32(43)39-29(18-23-16-27(35)20-28(36)17-23)31(42)30-21-41(13-10-38-30)33(44)24-6-8-37-9-7-24/h6-9,14-17,19-20,29-31,38,42H,4-5,10-13,18,21H2,1-3H3,(H,39,43)/t29-,30+,31-/m0/s1. The van der Waals surface area contributed by atoms with Gasteiger partial charge in [-0.25, -0.2) is 8.78 Å². The average molecular weight is 622 g/mol. The topological polar surface area (TPSA) is 115 Å². The van der Waals surface area contributed by atoms with Gasteiger partial charge in [0.25, 0.3) is 17.7 Å². The number of rotatable bonds is 12. The third-order valence-electron chi connectivity index (χ3n) is 7.80. The van der Waals surface area contributed by atoms with Crippen molar-refractivity contribution in [1.29, 1.82) is 0 Å². The predicted octanol–water partition coefficient (Wildman–Crippen LogP) is 3.75. The van der Waals surface area contributed by atoms with Gasteiger partial charge in [-0.1, -0.05) is 13.8 Å². The maximum atomic E-state index is 14.1. The summed E-state index contributed by atoms with van der Waals surface area (Å²) in [6.07, 6.45) is 3.32. The smallest absolute Gasteiger partial charge is 0.254 e. The Morgan fingerprint density at radius 3 is 2.29 bits per heavy atom. The maximum Gasteiger partial charge on any atom is 0.254 e. The zero-order valence-corrected chi connectivity index (χ0v) is 25.9. The average Bonchev–Trinajstić information content (AvgIpc) is 3.03. The van der Waals surface area contributed by atoms with Crippen LogP contribution in [0.3, 0.4) is 0 Å². The van der Waals surface area contributed by atoms with Crippen molar-refractivity contribution in [3.63, 3.8) is 0 Å². The lowest BCUT2D eigenvalue weighted by Gasteiger charge is -2.38. The van der Waals surface area contributed by atoms with Gasteiger partial charge in [0.05, 0.1) is 18.2 Å². The lowest BCUT2D eigenvalue weighted by atomic mass is 9.94. The van der Waals surface area contributed by atoms with Crippen molar-refractivity contribution >= 4 is 17.7 Å². The van der Waals surface area contributed by atoms with E-state index in [1.54, 1.807) is 41.0 Å². The van der Waals surface area contributed by atoms with E-state index in [1.807, 2.05) is 13.8 Å². The molecule has 4 rings (SSSR count). The number of hydrogen-bond donors (Lipinski definition) is 3. The Labute approximate surface area is 262 Å². The summed E-state index contributed by atoms with van der Waals surface area (Å²) in [5, 5.41) is 17.7. The molecule has 1 aromatic heterocycles. The molecule has 11 heteroatoms. The zero-order chi connectivity index (χ0) is 32.5. The molecule has 0 aliphatic carbocycles. The molecule has 9 nitrogen and oxygen atoms in total. The normalized spacial score (nSPS) is 16.1. The molecule has 3 N–H and O–H groups in total. The van der Waals surface area contributed by atoms with Crippen LogP contribution in [0.1, 0.15) is 68.9 Å². The summed E-state index contributed by atoms with van der Waals surface area (Å²) in [5.41, 5.74) is 2.02. The summed E-state index contributed by atoms with van der Waals surface area (Å²) in [4.78, 5) is 47.4. The highest BCUT2D eigenvalue weighted by Crippen LogP contribution is 2.18. The van der Waals surface area contributed by atoms with Crippen molar-refractivity contribution in [3.05, 3.63) is 100 Å². The molecule has 0 bridgehead atoms. The van der Waals surface area contributed by atoms with E-state index < -0.39 is 35.7 Å². The molecular formula is C34H41F2N5O4. The van der Waals surface area contributed by atoms with Crippen LogP contribution in [0.5, 0.6) is 0 Å². The summed E-state index contributed by atoms with van der Waals surface area (Å²) >= 11 is 0. The van der Waals surface area contributed by atoms with Gasteiger partial charge in [0.2, 0.25) is 0 Å². The molecule has 45 heavy (non-hydrogen) atoms. The van der Waals surface area contributed by atoms with Crippen molar-refractivity contribution in [2.75, 3.05) is 32.7 Å². The Morgan fingerprint density at radius 2 is 1.64 bits per heavy atom. The van der Waals surface area contributed by atoms with E-state index in [9.17, 15) is 28.3 Å². The molecule has 0 spiro atoms. The number of piperazine rings is 1. The van der Waals surface area contributed by atoms with Crippen molar-refractivity contribution < 1.29 is 28.3 Å². The van der Waals surface area contributed by atoms with Gasteiger partial charge in [-0.2, -0.15) is 0 Å². The van der Waals surface area contributed by atoms with Crippen molar-refractivity contribution in [1.82, 2.24) is 25.4 Å². The number of halogens is 2. The zero-order valence-electron chi connectivity index (χ0n) is 25.9. The van der Waals surface area contributed by atoms with Gasteiger partial charge in [0, 0.05) is 67.9 Å². The number of aryl methyl sites for hydroxylation is 1. The Kier molecular flexibility index (Phi) is 11.7. The molecule has 240 valence electrons.